The highest BCUT2D eigenvalue weighted by Gasteiger charge is 2.20. The van der Waals surface area contributed by atoms with Crippen LogP contribution in [0.3, 0.4) is 0 Å². The van der Waals surface area contributed by atoms with Crippen LogP contribution in [-0.2, 0) is 6.54 Å². The second-order valence-corrected chi connectivity index (χ2v) is 4.16. The molecule has 1 heterocycles. The molecule has 0 spiro atoms. The Morgan fingerprint density at radius 2 is 2.31 bits per heavy atom. The van der Waals surface area contributed by atoms with Gasteiger partial charge >= 0.3 is 0 Å². The summed E-state index contributed by atoms with van der Waals surface area (Å²) >= 11 is 0. The smallest absolute Gasteiger partial charge is 0.0361 e. The fourth-order valence-corrected chi connectivity index (χ4v) is 1.62. The highest BCUT2D eigenvalue weighted by Crippen LogP contribution is 2.20. The van der Waals surface area contributed by atoms with Crippen molar-refractivity contribution < 1.29 is 0 Å². The first-order valence-corrected chi connectivity index (χ1v) is 5.16. The third kappa shape index (κ3) is 2.13. The number of nitrogens with one attached hydrogen (secondary N) is 1. The number of hydrogen-bond donors (Lipinski definition) is 1. The average molecular weight is 178 g/mol. The standard InChI is InChI=1S/C11H18N2/c1-9(2)13-7-3-4-11(13)8-12-10-5-6-10/h3-4,7,9-10,12H,5-6,8H2,1-2H3. The van der Waals surface area contributed by atoms with E-state index >= 15 is 0 Å². The summed E-state index contributed by atoms with van der Waals surface area (Å²) in [4.78, 5) is 0. The largest absolute Gasteiger partial charge is 0.348 e. The average Bonchev–Trinajstić information content (AvgIpc) is 2.79. The molecular weight excluding hydrogens is 160 g/mol. The molecule has 1 fully saturated rings. The SMILES string of the molecule is CC(C)n1cccc1CNC1CC1. The lowest BCUT2D eigenvalue weighted by atomic mass is 10.3. The molecule has 0 aliphatic heterocycles. The van der Waals surface area contributed by atoms with Crippen LogP contribution in [0.5, 0.6) is 0 Å². The van der Waals surface area contributed by atoms with E-state index < -0.39 is 0 Å². The first-order chi connectivity index (χ1) is 6.27. The summed E-state index contributed by atoms with van der Waals surface area (Å²) in [6, 6.07) is 5.71. The molecule has 0 unspecified atom stereocenters. The molecule has 0 radical (unpaired) electrons. The lowest BCUT2D eigenvalue weighted by molar-refractivity contribution is 0.551. The van der Waals surface area contributed by atoms with Gasteiger partial charge in [0, 0.05) is 30.5 Å². The maximum absolute atomic E-state index is 3.53. The Morgan fingerprint density at radius 3 is 2.92 bits per heavy atom. The molecule has 1 aliphatic rings. The molecule has 2 rings (SSSR count). The Morgan fingerprint density at radius 1 is 1.54 bits per heavy atom. The first-order valence-electron chi connectivity index (χ1n) is 5.16. The van der Waals surface area contributed by atoms with E-state index in [4.69, 9.17) is 0 Å². The van der Waals surface area contributed by atoms with Crippen molar-refractivity contribution in [1.29, 1.82) is 0 Å². The fraction of sp³-hybridized carbons (Fsp3) is 0.636. The van der Waals surface area contributed by atoms with Gasteiger partial charge in [-0.3, -0.25) is 0 Å². The zero-order chi connectivity index (χ0) is 9.26. The summed E-state index contributed by atoms with van der Waals surface area (Å²) < 4.78 is 2.33. The van der Waals surface area contributed by atoms with Crippen molar-refractivity contribution in [3.05, 3.63) is 24.0 Å². The Hall–Kier alpha value is -0.760. The number of rotatable bonds is 4. The van der Waals surface area contributed by atoms with Gasteiger partial charge in [-0.25, -0.2) is 0 Å². The minimum atomic E-state index is 0.575. The molecule has 0 saturated heterocycles. The molecule has 72 valence electrons. The molecule has 0 aromatic carbocycles. The van der Waals surface area contributed by atoms with Gasteiger partial charge in [-0.15, -0.1) is 0 Å². The van der Waals surface area contributed by atoms with Crippen molar-refractivity contribution in [3.8, 4) is 0 Å². The first kappa shape index (κ1) is 8.82. The Balaban J connectivity index is 1.96. The molecular formula is C11H18N2. The minimum absolute atomic E-state index is 0.575. The van der Waals surface area contributed by atoms with Gasteiger partial charge in [0.05, 0.1) is 0 Å². The zero-order valence-electron chi connectivity index (χ0n) is 8.46. The van der Waals surface area contributed by atoms with Crippen molar-refractivity contribution in [2.45, 2.75) is 45.3 Å². The lowest BCUT2D eigenvalue weighted by Gasteiger charge is -2.13. The van der Waals surface area contributed by atoms with E-state index in [0.717, 1.165) is 12.6 Å². The van der Waals surface area contributed by atoms with Gasteiger partial charge < -0.3 is 9.88 Å². The van der Waals surface area contributed by atoms with E-state index in [-0.39, 0.29) is 0 Å². The topological polar surface area (TPSA) is 17.0 Å². The van der Waals surface area contributed by atoms with E-state index in [9.17, 15) is 0 Å². The molecule has 1 aromatic heterocycles. The van der Waals surface area contributed by atoms with E-state index in [0.29, 0.717) is 6.04 Å². The predicted molar refractivity (Wildman–Crippen MR) is 54.7 cm³/mol. The normalized spacial score (nSPS) is 16.8. The van der Waals surface area contributed by atoms with Crippen molar-refractivity contribution in [2.75, 3.05) is 0 Å². The molecule has 1 aliphatic carbocycles. The quantitative estimate of drug-likeness (QED) is 0.748. The van der Waals surface area contributed by atoms with Gasteiger partial charge in [0.25, 0.3) is 0 Å². The van der Waals surface area contributed by atoms with Crippen LogP contribution < -0.4 is 5.32 Å². The molecule has 1 N–H and O–H groups in total. The van der Waals surface area contributed by atoms with Crippen molar-refractivity contribution >= 4 is 0 Å². The Bertz CT molecular complexity index is 271. The molecule has 0 atom stereocenters. The van der Waals surface area contributed by atoms with Crippen LogP contribution in [0.2, 0.25) is 0 Å². The highest BCUT2D eigenvalue weighted by atomic mass is 15.0. The molecule has 2 nitrogen and oxygen atoms in total. The highest BCUT2D eigenvalue weighted by molar-refractivity contribution is 5.08. The van der Waals surface area contributed by atoms with Crippen LogP contribution in [0.4, 0.5) is 0 Å². The third-order valence-electron chi connectivity index (χ3n) is 2.57. The second kappa shape index (κ2) is 3.54. The summed E-state index contributed by atoms with van der Waals surface area (Å²) in [7, 11) is 0. The van der Waals surface area contributed by atoms with Gasteiger partial charge in [-0.1, -0.05) is 0 Å². The second-order valence-electron chi connectivity index (χ2n) is 4.16. The van der Waals surface area contributed by atoms with E-state index in [2.05, 4.69) is 42.1 Å². The summed E-state index contributed by atoms with van der Waals surface area (Å²) in [5.74, 6) is 0. The number of nitrogens with zero attached hydrogens (tertiary/aromatic N) is 1. The summed E-state index contributed by atoms with van der Waals surface area (Å²) in [5, 5.41) is 3.53. The van der Waals surface area contributed by atoms with Gasteiger partial charge in [0.15, 0.2) is 0 Å². The summed E-state index contributed by atoms with van der Waals surface area (Å²) in [5.41, 5.74) is 1.40. The monoisotopic (exact) mass is 178 g/mol. The van der Waals surface area contributed by atoms with Crippen LogP contribution in [0.1, 0.15) is 38.4 Å². The maximum atomic E-state index is 3.53. The summed E-state index contributed by atoms with van der Waals surface area (Å²) in [6.07, 6.45) is 4.89. The van der Waals surface area contributed by atoms with Crippen LogP contribution in [0.15, 0.2) is 18.3 Å². The Kier molecular flexibility index (Phi) is 2.40. The van der Waals surface area contributed by atoms with Crippen LogP contribution in [-0.4, -0.2) is 10.6 Å². The van der Waals surface area contributed by atoms with Gasteiger partial charge in [0.2, 0.25) is 0 Å². The molecule has 0 amide bonds. The fourth-order valence-electron chi connectivity index (χ4n) is 1.62. The number of hydrogen-bond acceptors (Lipinski definition) is 1. The molecule has 2 heteroatoms. The molecule has 0 bridgehead atoms. The van der Waals surface area contributed by atoms with Gasteiger partial charge in [0.1, 0.15) is 0 Å². The number of aromatic nitrogens is 1. The van der Waals surface area contributed by atoms with Crippen LogP contribution >= 0.6 is 0 Å². The molecule has 1 saturated carbocycles. The van der Waals surface area contributed by atoms with Crippen molar-refractivity contribution in [2.24, 2.45) is 0 Å². The van der Waals surface area contributed by atoms with Gasteiger partial charge in [-0.05, 0) is 38.8 Å². The maximum Gasteiger partial charge on any atom is 0.0361 e. The summed E-state index contributed by atoms with van der Waals surface area (Å²) in [6.45, 7) is 5.47. The minimum Gasteiger partial charge on any atom is -0.348 e. The van der Waals surface area contributed by atoms with Crippen molar-refractivity contribution in [1.82, 2.24) is 9.88 Å². The predicted octanol–water partition coefficient (Wildman–Crippen LogP) is 2.32. The van der Waals surface area contributed by atoms with Crippen LogP contribution in [0.25, 0.3) is 0 Å². The van der Waals surface area contributed by atoms with Crippen LogP contribution in [0, 0.1) is 0 Å². The third-order valence-corrected chi connectivity index (χ3v) is 2.57. The zero-order valence-corrected chi connectivity index (χ0v) is 8.46. The van der Waals surface area contributed by atoms with Gasteiger partial charge in [-0.2, -0.15) is 0 Å². The van der Waals surface area contributed by atoms with Crippen molar-refractivity contribution in [3.63, 3.8) is 0 Å². The van der Waals surface area contributed by atoms with E-state index in [1.54, 1.807) is 0 Å². The Labute approximate surface area is 79.9 Å². The lowest BCUT2D eigenvalue weighted by Crippen LogP contribution is -2.18. The molecule has 13 heavy (non-hydrogen) atoms. The van der Waals surface area contributed by atoms with E-state index in [1.807, 2.05) is 0 Å². The van der Waals surface area contributed by atoms with E-state index in [1.165, 1.54) is 18.5 Å². The molecule has 1 aromatic rings.